The fourth-order valence-corrected chi connectivity index (χ4v) is 3.97. The second kappa shape index (κ2) is 7.49. The van der Waals surface area contributed by atoms with Gasteiger partial charge in [-0.2, -0.15) is 0 Å². The van der Waals surface area contributed by atoms with Crippen LogP contribution in [0.5, 0.6) is 0 Å². The van der Waals surface area contributed by atoms with Crippen LogP contribution in [-0.2, 0) is 14.8 Å². The lowest BCUT2D eigenvalue weighted by atomic mass is 10.1. The summed E-state index contributed by atoms with van der Waals surface area (Å²) in [5.74, 6) is -0.213. The molecule has 1 amide bonds. The van der Waals surface area contributed by atoms with Gasteiger partial charge in [-0.1, -0.05) is 36.4 Å². The Balaban J connectivity index is 1.71. The van der Waals surface area contributed by atoms with Gasteiger partial charge in [0.05, 0.1) is 10.1 Å². The molecule has 0 saturated heterocycles. The molecule has 0 aromatic heterocycles. The minimum absolute atomic E-state index is 0.0369. The maximum Gasteiger partial charge on any atom is 0.238 e. The number of carbonyl (C=O) groups excluding carboxylic acids is 1. The Morgan fingerprint density at radius 3 is 2.46 bits per heavy atom. The van der Waals surface area contributed by atoms with Crippen molar-refractivity contribution in [3.05, 3.63) is 66.7 Å². The number of hydrogen-bond acceptors (Lipinski definition) is 4. The lowest BCUT2D eigenvalue weighted by Gasteiger charge is -2.13. The third-order valence-corrected chi connectivity index (χ3v) is 5.84. The summed E-state index contributed by atoms with van der Waals surface area (Å²) in [5, 5.41) is 9.76. The molecule has 0 heterocycles. The molecule has 7 heteroatoms. The molecular formula is C19H18N2O3S2. The lowest BCUT2D eigenvalue weighted by Crippen LogP contribution is -2.22. The van der Waals surface area contributed by atoms with Gasteiger partial charge in [-0.3, -0.25) is 4.79 Å². The first-order chi connectivity index (χ1) is 12.3. The smallest absolute Gasteiger partial charge is 0.238 e. The Morgan fingerprint density at radius 2 is 1.73 bits per heavy atom. The highest BCUT2D eigenvalue weighted by atomic mass is 32.2. The van der Waals surface area contributed by atoms with Crippen molar-refractivity contribution in [2.24, 2.45) is 5.14 Å². The number of benzene rings is 3. The highest BCUT2D eigenvalue weighted by Crippen LogP contribution is 2.27. The Kier molecular flexibility index (Phi) is 5.31. The third kappa shape index (κ3) is 4.43. The number of thioether (sulfide) groups is 1. The van der Waals surface area contributed by atoms with Crippen LogP contribution in [0.4, 0.5) is 5.69 Å². The maximum atomic E-state index is 12.4. The average molecular weight is 386 g/mol. The van der Waals surface area contributed by atoms with Crippen LogP contribution >= 0.6 is 11.8 Å². The van der Waals surface area contributed by atoms with Gasteiger partial charge in [0.2, 0.25) is 15.9 Å². The third-order valence-electron chi connectivity index (χ3n) is 3.83. The van der Waals surface area contributed by atoms with E-state index in [0.29, 0.717) is 5.69 Å². The molecule has 0 fully saturated rings. The van der Waals surface area contributed by atoms with Gasteiger partial charge in [-0.15, -0.1) is 11.8 Å². The summed E-state index contributed by atoms with van der Waals surface area (Å²) in [6.45, 7) is 1.80. The second-order valence-electron chi connectivity index (χ2n) is 5.83. The van der Waals surface area contributed by atoms with Gasteiger partial charge in [-0.05, 0) is 48.0 Å². The van der Waals surface area contributed by atoms with E-state index in [1.165, 1.54) is 30.0 Å². The quantitative estimate of drug-likeness (QED) is 0.656. The predicted octanol–water partition coefficient (Wildman–Crippen LogP) is 3.61. The monoisotopic (exact) mass is 386 g/mol. The van der Waals surface area contributed by atoms with Crippen LogP contribution in [0.15, 0.2) is 76.5 Å². The van der Waals surface area contributed by atoms with Crippen molar-refractivity contribution in [1.82, 2.24) is 0 Å². The molecule has 0 radical (unpaired) electrons. The van der Waals surface area contributed by atoms with Crippen molar-refractivity contribution in [3.63, 3.8) is 0 Å². The van der Waals surface area contributed by atoms with E-state index in [9.17, 15) is 13.2 Å². The van der Waals surface area contributed by atoms with Crippen LogP contribution in [0.3, 0.4) is 0 Å². The van der Waals surface area contributed by atoms with Gasteiger partial charge in [-0.25, -0.2) is 13.6 Å². The Bertz CT molecular complexity index is 1070. The standard InChI is InChI=1S/C19H18N2O3S2/c1-13(25-17-10-9-14-5-2-3-6-15(14)11-17)19(22)21-16-7-4-8-18(12-16)26(20,23)24/h2-13H,1H3,(H,21,22)(H2,20,23,24). The highest BCUT2D eigenvalue weighted by Gasteiger charge is 2.16. The number of nitrogens with one attached hydrogen (secondary N) is 1. The number of fused-ring (bicyclic) bond motifs is 1. The van der Waals surface area contributed by atoms with Crippen LogP contribution in [0.1, 0.15) is 6.92 Å². The SMILES string of the molecule is CC(Sc1ccc2ccccc2c1)C(=O)Nc1cccc(S(N)(=O)=O)c1. The van der Waals surface area contributed by atoms with Crippen molar-refractivity contribution < 1.29 is 13.2 Å². The first-order valence-electron chi connectivity index (χ1n) is 7.92. The van der Waals surface area contributed by atoms with Gasteiger partial charge >= 0.3 is 0 Å². The van der Waals surface area contributed by atoms with E-state index in [0.717, 1.165) is 15.7 Å². The minimum atomic E-state index is -3.81. The summed E-state index contributed by atoms with van der Waals surface area (Å²) in [4.78, 5) is 13.4. The van der Waals surface area contributed by atoms with Crippen LogP contribution < -0.4 is 10.5 Å². The zero-order valence-corrected chi connectivity index (χ0v) is 15.7. The summed E-state index contributed by atoms with van der Waals surface area (Å²) in [6, 6.07) is 20.0. The number of nitrogens with two attached hydrogens (primary N) is 1. The lowest BCUT2D eigenvalue weighted by molar-refractivity contribution is -0.115. The van der Waals surface area contributed by atoms with E-state index in [4.69, 9.17) is 5.14 Å². The zero-order valence-electron chi connectivity index (χ0n) is 14.0. The minimum Gasteiger partial charge on any atom is -0.325 e. The number of hydrogen-bond donors (Lipinski definition) is 2. The van der Waals surface area contributed by atoms with Crippen molar-refractivity contribution in [2.45, 2.75) is 22.0 Å². The van der Waals surface area contributed by atoms with Gasteiger partial charge in [0.15, 0.2) is 0 Å². The van der Waals surface area contributed by atoms with Crippen molar-refractivity contribution in [2.75, 3.05) is 5.32 Å². The Labute approximate surface area is 156 Å². The van der Waals surface area contributed by atoms with Gasteiger partial charge in [0.25, 0.3) is 0 Å². The molecule has 0 bridgehead atoms. The number of primary sulfonamides is 1. The fraction of sp³-hybridized carbons (Fsp3) is 0.105. The summed E-state index contributed by atoms with van der Waals surface area (Å²) >= 11 is 1.44. The Morgan fingerprint density at radius 1 is 1.00 bits per heavy atom. The van der Waals surface area contributed by atoms with Crippen molar-refractivity contribution in [3.8, 4) is 0 Å². The van der Waals surface area contributed by atoms with Crippen molar-refractivity contribution >= 4 is 44.2 Å². The Hall–Kier alpha value is -2.35. The van der Waals surface area contributed by atoms with E-state index in [1.807, 2.05) is 42.5 Å². The molecule has 3 aromatic rings. The summed E-state index contributed by atoms with van der Waals surface area (Å²) in [7, 11) is -3.81. The zero-order chi connectivity index (χ0) is 18.7. The first kappa shape index (κ1) is 18.4. The van der Waals surface area contributed by atoms with Gasteiger partial charge < -0.3 is 5.32 Å². The summed E-state index contributed by atoms with van der Waals surface area (Å²) < 4.78 is 22.8. The number of carbonyl (C=O) groups is 1. The van der Waals surface area contributed by atoms with Crippen LogP contribution in [0.25, 0.3) is 10.8 Å². The highest BCUT2D eigenvalue weighted by molar-refractivity contribution is 8.00. The van der Waals surface area contributed by atoms with Gasteiger partial charge in [0.1, 0.15) is 0 Å². The average Bonchev–Trinajstić information content (AvgIpc) is 2.61. The van der Waals surface area contributed by atoms with Gasteiger partial charge in [0, 0.05) is 10.6 Å². The van der Waals surface area contributed by atoms with E-state index >= 15 is 0 Å². The molecule has 26 heavy (non-hydrogen) atoms. The molecule has 3 aromatic carbocycles. The van der Waals surface area contributed by atoms with E-state index in [-0.39, 0.29) is 16.1 Å². The molecular weight excluding hydrogens is 368 g/mol. The normalized spacial score (nSPS) is 12.7. The molecule has 134 valence electrons. The van der Waals surface area contributed by atoms with E-state index in [1.54, 1.807) is 13.0 Å². The molecule has 0 saturated carbocycles. The van der Waals surface area contributed by atoms with Crippen LogP contribution in [0, 0.1) is 0 Å². The molecule has 0 aliphatic carbocycles. The number of anilines is 1. The molecule has 5 nitrogen and oxygen atoms in total. The molecule has 0 aliphatic rings. The molecule has 3 rings (SSSR count). The molecule has 0 spiro atoms. The molecule has 0 aliphatic heterocycles. The largest absolute Gasteiger partial charge is 0.325 e. The maximum absolute atomic E-state index is 12.4. The predicted molar refractivity (Wildman–Crippen MR) is 106 cm³/mol. The number of amides is 1. The topological polar surface area (TPSA) is 89.3 Å². The number of sulfonamides is 1. The first-order valence-corrected chi connectivity index (χ1v) is 10.3. The van der Waals surface area contributed by atoms with Crippen LogP contribution in [-0.4, -0.2) is 19.6 Å². The number of rotatable bonds is 5. The summed E-state index contributed by atoms with van der Waals surface area (Å²) in [6.07, 6.45) is 0. The van der Waals surface area contributed by atoms with Crippen molar-refractivity contribution in [1.29, 1.82) is 0 Å². The summed E-state index contributed by atoms with van der Waals surface area (Å²) in [5.41, 5.74) is 0.396. The van der Waals surface area contributed by atoms with E-state index in [2.05, 4.69) is 5.32 Å². The second-order valence-corrected chi connectivity index (χ2v) is 8.81. The van der Waals surface area contributed by atoms with E-state index < -0.39 is 10.0 Å². The molecule has 3 N–H and O–H groups in total. The fourth-order valence-electron chi connectivity index (χ4n) is 2.49. The molecule has 1 unspecified atom stereocenters. The van der Waals surface area contributed by atoms with Crippen LogP contribution in [0.2, 0.25) is 0 Å². The molecule has 1 atom stereocenters.